The fraction of sp³-hybridized carbons (Fsp3) is 0.214. The Morgan fingerprint density at radius 1 is 1.13 bits per heavy atom. The number of carbonyl (C=O) groups excluding carboxylic acids is 2. The Labute approximate surface area is 223 Å². The van der Waals surface area contributed by atoms with E-state index in [1.54, 1.807) is 29.8 Å². The first-order valence-electron chi connectivity index (χ1n) is 12.0. The first-order chi connectivity index (χ1) is 18.4. The van der Waals surface area contributed by atoms with Crippen molar-refractivity contribution in [2.24, 2.45) is 4.99 Å². The fourth-order valence-electron chi connectivity index (χ4n) is 4.31. The van der Waals surface area contributed by atoms with Crippen molar-refractivity contribution in [2.75, 3.05) is 12.4 Å². The van der Waals surface area contributed by atoms with Crippen molar-refractivity contribution in [2.45, 2.75) is 33.2 Å². The van der Waals surface area contributed by atoms with E-state index < -0.39 is 6.04 Å². The molecule has 9 nitrogen and oxygen atoms in total. The molecule has 1 aromatic carbocycles. The minimum absolute atomic E-state index is 0.0442. The Bertz CT molecular complexity index is 1570. The number of nitrogens with zero attached hydrogens (tertiary/aromatic N) is 5. The van der Waals surface area contributed by atoms with Crippen LogP contribution in [0.2, 0.25) is 0 Å². The molecule has 4 heterocycles. The number of methoxy groups -OCH3 is 1. The normalized spacial score (nSPS) is 14.4. The van der Waals surface area contributed by atoms with Crippen molar-refractivity contribution in [1.29, 1.82) is 0 Å². The van der Waals surface area contributed by atoms with Crippen molar-refractivity contribution >= 4 is 40.7 Å². The lowest BCUT2D eigenvalue weighted by Gasteiger charge is -2.12. The smallest absolute Gasteiger partial charge is 0.308 e. The lowest BCUT2D eigenvalue weighted by molar-refractivity contribution is -0.141. The van der Waals surface area contributed by atoms with Gasteiger partial charge in [0, 0.05) is 40.2 Å². The van der Waals surface area contributed by atoms with E-state index in [2.05, 4.69) is 34.3 Å². The molecule has 1 atom stereocenters. The van der Waals surface area contributed by atoms with Gasteiger partial charge in [0.05, 0.1) is 19.2 Å². The number of hydrogen-bond donors (Lipinski definition) is 1. The first kappa shape index (κ1) is 25.2. The summed E-state index contributed by atoms with van der Waals surface area (Å²) in [6.07, 6.45) is 6.60. The number of aliphatic imine (C=N–C) groups is 1. The Morgan fingerprint density at radius 2 is 1.92 bits per heavy atom. The van der Waals surface area contributed by atoms with Gasteiger partial charge in [0.15, 0.2) is 5.82 Å². The van der Waals surface area contributed by atoms with Crippen molar-refractivity contribution in [1.82, 2.24) is 19.7 Å². The van der Waals surface area contributed by atoms with Crippen molar-refractivity contribution < 1.29 is 14.3 Å². The van der Waals surface area contributed by atoms with Crippen LogP contribution in [0.1, 0.15) is 51.2 Å². The molecule has 3 aromatic heterocycles. The van der Waals surface area contributed by atoms with Gasteiger partial charge in [0.25, 0.3) is 0 Å². The fourth-order valence-corrected chi connectivity index (χ4v) is 5.52. The summed E-state index contributed by atoms with van der Waals surface area (Å²) < 4.78 is 6.94. The van der Waals surface area contributed by atoms with Crippen LogP contribution in [-0.2, 0) is 14.3 Å². The highest BCUT2D eigenvalue weighted by Gasteiger charge is 2.32. The number of amides is 1. The number of carbonyl (C=O) groups is 2. The summed E-state index contributed by atoms with van der Waals surface area (Å²) in [6.45, 7) is 6.05. The van der Waals surface area contributed by atoms with Crippen molar-refractivity contribution in [3.05, 3.63) is 93.6 Å². The molecule has 4 aromatic rings. The Hall–Kier alpha value is -4.44. The zero-order valence-corrected chi connectivity index (χ0v) is 22.2. The summed E-state index contributed by atoms with van der Waals surface area (Å²) in [6, 6.07) is 10.7. The molecule has 0 spiro atoms. The lowest BCUT2D eigenvalue weighted by atomic mass is 9.99. The van der Waals surface area contributed by atoms with Crippen LogP contribution in [0.4, 0.5) is 5.69 Å². The van der Waals surface area contributed by atoms with E-state index in [4.69, 9.17) is 9.73 Å². The molecular formula is C28H26N6O3S. The van der Waals surface area contributed by atoms with Crippen LogP contribution in [-0.4, -0.2) is 44.4 Å². The van der Waals surface area contributed by atoms with Crippen molar-refractivity contribution in [3.8, 4) is 5.00 Å². The summed E-state index contributed by atoms with van der Waals surface area (Å²) in [4.78, 5) is 35.0. The topological polar surface area (TPSA) is 111 Å². The van der Waals surface area contributed by atoms with Gasteiger partial charge in [-0.2, -0.15) is 0 Å². The summed E-state index contributed by atoms with van der Waals surface area (Å²) in [5, 5.41) is 12.5. The molecule has 38 heavy (non-hydrogen) atoms. The Kier molecular flexibility index (Phi) is 6.97. The van der Waals surface area contributed by atoms with Crippen LogP contribution in [0.15, 0.2) is 59.9 Å². The highest BCUT2D eigenvalue weighted by atomic mass is 32.1. The molecule has 1 aliphatic heterocycles. The number of anilines is 1. The van der Waals surface area contributed by atoms with Gasteiger partial charge in [-0.1, -0.05) is 18.2 Å². The molecule has 1 N–H and O–H groups in total. The van der Waals surface area contributed by atoms with Crippen LogP contribution >= 0.6 is 11.3 Å². The SMILES string of the molecule is COC(=O)C[C@@H]1N=C(c2ccc(NC(=O)C=Cc3cccnc3)cc2)c2c(sc(C)c2C)-n2c(C)nnc21. The second-order valence-electron chi connectivity index (χ2n) is 8.86. The molecule has 10 heteroatoms. The van der Waals surface area contributed by atoms with Crippen molar-refractivity contribution in [3.63, 3.8) is 0 Å². The van der Waals surface area contributed by atoms with Crippen LogP contribution < -0.4 is 5.32 Å². The third-order valence-corrected chi connectivity index (χ3v) is 7.56. The van der Waals surface area contributed by atoms with Gasteiger partial charge in [-0.15, -0.1) is 21.5 Å². The number of ether oxygens (including phenoxy) is 1. The molecule has 0 saturated heterocycles. The second-order valence-corrected chi connectivity index (χ2v) is 10.1. The highest BCUT2D eigenvalue weighted by Crippen LogP contribution is 2.39. The average molecular weight is 527 g/mol. The summed E-state index contributed by atoms with van der Waals surface area (Å²) >= 11 is 1.65. The van der Waals surface area contributed by atoms with E-state index in [-0.39, 0.29) is 18.3 Å². The standard InChI is InChI=1S/C28H26N6O3S/c1-16-17(2)38-28-25(16)26(31-22(14-24(36)37-4)27-33-32-18(3)34(27)28)20-8-10-21(11-9-20)30-23(35)12-7-19-6-5-13-29-15-19/h5-13,15,22H,14H2,1-4H3,(H,30,35)/t22-/m0/s1. The lowest BCUT2D eigenvalue weighted by Crippen LogP contribution is -2.12. The van der Waals surface area contributed by atoms with Gasteiger partial charge in [0.2, 0.25) is 5.91 Å². The van der Waals surface area contributed by atoms with Gasteiger partial charge in [-0.05, 0) is 56.2 Å². The van der Waals surface area contributed by atoms with E-state index in [0.29, 0.717) is 11.5 Å². The maximum Gasteiger partial charge on any atom is 0.308 e. The van der Waals surface area contributed by atoms with Gasteiger partial charge in [-0.25, -0.2) is 0 Å². The second kappa shape index (κ2) is 10.5. The van der Waals surface area contributed by atoms with Crippen LogP contribution in [0.5, 0.6) is 0 Å². The molecule has 0 bridgehead atoms. The summed E-state index contributed by atoms with van der Waals surface area (Å²) in [5.74, 6) is 0.716. The average Bonchev–Trinajstić information content (AvgIpc) is 3.40. The number of fused-ring (bicyclic) bond motifs is 3. The molecule has 0 saturated carbocycles. The number of thiophene rings is 1. The molecule has 0 unspecified atom stereocenters. The third kappa shape index (κ3) is 4.90. The van der Waals surface area contributed by atoms with Gasteiger partial charge in [-0.3, -0.25) is 24.1 Å². The van der Waals surface area contributed by atoms with E-state index >= 15 is 0 Å². The van der Waals surface area contributed by atoms with Gasteiger partial charge < -0.3 is 10.1 Å². The van der Waals surface area contributed by atoms with Crippen LogP contribution in [0.3, 0.4) is 0 Å². The minimum Gasteiger partial charge on any atom is -0.469 e. The predicted molar refractivity (Wildman–Crippen MR) is 147 cm³/mol. The van der Waals surface area contributed by atoms with E-state index in [1.807, 2.05) is 47.9 Å². The number of nitrogens with one attached hydrogen (secondary N) is 1. The van der Waals surface area contributed by atoms with Crippen LogP contribution in [0.25, 0.3) is 11.1 Å². The molecule has 0 radical (unpaired) electrons. The number of aromatic nitrogens is 4. The predicted octanol–water partition coefficient (Wildman–Crippen LogP) is 4.76. The number of pyridine rings is 1. The molecular weight excluding hydrogens is 500 g/mol. The number of esters is 1. The zero-order valence-electron chi connectivity index (χ0n) is 21.4. The number of aryl methyl sites for hydroxylation is 2. The van der Waals surface area contributed by atoms with Gasteiger partial charge >= 0.3 is 5.97 Å². The Morgan fingerprint density at radius 3 is 2.63 bits per heavy atom. The monoisotopic (exact) mass is 526 g/mol. The molecule has 5 rings (SSSR count). The summed E-state index contributed by atoms with van der Waals surface area (Å²) in [5.41, 5.74) is 5.21. The molecule has 1 aliphatic rings. The molecule has 0 fully saturated rings. The quantitative estimate of drug-likeness (QED) is 0.287. The van der Waals surface area contributed by atoms with E-state index in [0.717, 1.165) is 43.7 Å². The highest BCUT2D eigenvalue weighted by molar-refractivity contribution is 7.15. The summed E-state index contributed by atoms with van der Waals surface area (Å²) in [7, 11) is 1.36. The molecule has 192 valence electrons. The number of rotatable bonds is 6. The first-order valence-corrected chi connectivity index (χ1v) is 12.8. The largest absolute Gasteiger partial charge is 0.469 e. The number of hydrogen-bond acceptors (Lipinski definition) is 8. The Balaban J connectivity index is 1.49. The zero-order chi connectivity index (χ0) is 26.8. The van der Waals surface area contributed by atoms with E-state index in [9.17, 15) is 9.59 Å². The maximum atomic E-state index is 12.4. The number of benzene rings is 1. The minimum atomic E-state index is -0.560. The maximum absolute atomic E-state index is 12.4. The molecule has 1 amide bonds. The van der Waals surface area contributed by atoms with Crippen LogP contribution in [0, 0.1) is 20.8 Å². The molecule has 0 aliphatic carbocycles. The van der Waals surface area contributed by atoms with E-state index in [1.165, 1.54) is 13.2 Å². The third-order valence-electron chi connectivity index (χ3n) is 6.36. The van der Waals surface area contributed by atoms with Gasteiger partial charge in [0.1, 0.15) is 16.9 Å².